The second-order valence-corrected chi connectivity index (χ2v) is 9.30. The maximum atomic E-state index is 14.1. The summed E-state index contributed by atoms with van der Waals surface area (Å²) in [7, 11) is -3.77. The van der Waals surface area contributed by atoms with Gasteiger partial charge in [0, 0.05) is 39.3 Å². The number of nitrogens with zero attached hydrogens (tertiary/aromatic N) is 5. The molecule has 2 fully saturated rings. The molecule has 0 unspecified atom stereocenters. The minimum atomic E-state index is -3.77. The zero-order valence-corrected chi connectivity index (χ0v) is 17.8. The van der Waals surface area contributed by atoms with Crippen LogP contribution in [0.15, 0.2) is 35.2 Å². The first-order valence-electron chi connectivity index (χ1n) is 10.2. The highest BCUT2D eigenvalue weighted by atomic mass is 32.2. The van der Waals surface area contributed by atoms with Crippen LogP contribution >= 0.6 is 0 Å². The lowest BCUT2D eigenvalue weighted by molar-refractivity contribution is 0.321. The molecule has 2 aliphatic heterocycles. The Hall–Kier alpha value is -2.46. The minimum Gasteiger partial charge on any atom is -0.491 e. The maximum absolute atomic E-state index is 14.1. The number of piperazine rings is 1. The van der Waals surface area contributed by atoms with E-state index in [4.69, 9.17) is 4.74 Å². The molecule has 0 saturated carbocycles. The number of hydrogen-bond acceptors (Lipinski definition) is 7. The van der Waals surface area contributed by atoms with Crippen LogP contribution in [0.1, 0.15) is 19.8 Å². The molecule has 30 heavy (non-hydrogen) atoms. The Morgan fingerprint density at radius 2 is 1.53 bits per heavy atom. The van der Waals surface area contributed by atoms with Crippen molar-refractivity contribution >= 4 is 21.7 Å². The third kappa shape index (κ3) is 4.20. The van der Waals surface area contributed by atoms with Crippen molar-refractivity contribution in [3.05, 3.63) is 36.1 Å². The van der Waals surface area contributed by atoms with Crippen LogP contribution in [-0.4, -0.2) is 68.8 Å². The van der Waals surface area contributed by atoms with Gasteiger partial charge >= 0.3 is 0 Å². The fourth-order valence-electron chi connectivity index (χ4n) is 3.82. The first-order chi connectivity index (χ1) is 14.5. The second kappa shape index (κ2) is 8.73. The zero-order chi connectivity index (χ0) is 21.1. The molecule has 1 aromatic heterocycles. The molecule has 4 rings (SSSR count). The number of aromatic nitrogens is 2. The highest BCUT2D eigenvalue weighted by molar-refractivity contribution is 7.89. The molecule has 0 aliphatic carbocycles. The number of benzene rings is 1. The van der Waals surface area contributed by atoms with E-state index in [1.807, 2.05) is 17.0 Å². The molecule has 3 heterocycles. The molecule has 1 aromatic carbocycles. The molecule has 0 N–H and O–H groups in total. The van der Waals surface area contributed by atoms with Gasteiger partial charge in [0.1, 0.15) is 0 Å². The van der Waals surface area contributed by atoms with Crippen molar-refractivity contribution < 1.29 is 17.5 Å². The zero-order valence-electron chi connectivity index (χ0n) is 17.0. The van der Waals surface area contributed by atoms with Gasteiger partial charge in [-0.3, -0.25) is 0 Å². The van der Waals surface area contributed by atoms with E-state index in [2.05, 4.69) is 15.1 Å². The Labute approximate surface area is 176 Å². The van der Waals surface area contributed by atoms with Crippen molar-refractivity contribution in [1.82, 2.24) is 14.5 Å². The SMILES string of the molecule is CCOc1ccc(S(=O)(=O)N2CCN(c3ccc(N4CCCC4)nn3)CC2)cc1F. The molecular weight excluding hydrogens is 409 g/mol. The average molecular weight is 436 g/mol. The fourth-order valence-corrected chi connectivity index (χ4v) is 5.26. The van der Waals surface area contributed by atoms with Crippen molar-refractivity contribution in [3.8, 4) is 5.75 Å². The summed E-state index contributed by atoms with van der Waals surface area (Å²) in [4.78, 5) is 4.18. The van der Waals surface area contributed by atoms with E-state index < -0.39 is 15.8 Å². The van der Waals surface area contributed by atoms with Gasteiger partial charge in [-0.25, -0.2) is 12.8 Å². The normalized spacial score (nSPS) is 18.1. The molecule has 10 heteroatoms. The van der Waals surface area contributed by atoms with Gasteiger partial charge in [0.2, 0.25) is 10.0 Å². The molecule has 2 aliphatic rings. The first-order valence-corrected chi connectivity index (χ1v) is 11.7. The number of rotatable bonds is 6. The largest absolute Gasteiger partial charge is 0.491 e. The van der Waals surface area contributed by atoms with E-state index in [0.29, 0.717) is 32.8 Å². The van der Waals surface area contributed by atoms with Crippen LogP contribution in [0.4, 0.5) is 16.0 Å². The van der Waals surface area contributed by atoms with Gasteiger partial charge in [-0.2, -0.15) is 4.31 Å². The summed E-state index contributed by atoms with van der Waals surface area (Å²) in [5.74, 6) is 0.999. The van der Waals surface area contributed by atoms with E-state index in [0.717, 1.165) is 30.8 Å². The predicted molar refractivity (Wildman–Crippen MR) is 112 cm³/mol. The third-order valence-corrected chi connectivity index (χ3v) is 7.36. The van der Waals surface area contributed by atoms with Crippen molar-refractivity contribution in [1.29, 1.82) is 0 Å². The van der Waals surface area contributed by atoms with Crippen LogP contribution in [0, 0.1) is 5.82 Å². The van der Waals surface area contributed by atoms with Crippen molar-refractivity contribution in [3.63, 3.8) is 0 Å². The summed E-state index contributed by atoms with van der Waals surface area (Å²) in [6, 6.07) is 7.68. The summed E-state index contributed by atoms with van der Waals surface area (Å²) in [6.07, 6.45) is 2.36. The van der Waals surface area contributed by atoms with Gasteiger partial charge in [0.15, 0.2) is 23.2 Å². The first kappa shape index (κ1) is 20.8. The number of halogens is 1. The highest BCUT2D eigenvalue weighted by Gasteiger charge is 2.30. The Morgan fingerprint density at radius 3 is 2.07 bits per heavy atom. The monoisotopic (exact) mass is 435 g/mol. The lowest BCUT2D eigenvalue weighted by Crippen LogP contribution is -2.49. The van der Waals surface area contributed by atoms with E-state index in [9.17, 15) is 12.8 Å². The van der Waals surface area contributed by atoms with Gasteiger partial charge in [0.05, 0.1) is 11.5 Å². The van der Waals surface area contributed by atoms with Crippen LogP contribution < -0.4 is 14.5 Å². The summed E-state index contributed by atoms with van der Waals surface area (Å²) < 4.78 is 46.5. The molecule has 2 aromatic rings. The van der Waals surface area contributed by atoms with Crippen molar-refractivity contribution in [2.24, 2.45) is 0 Å². The number of hydrogen-bond donors (Lipinski definition) is 0. The van der Waals surface area contributed by atoms with Crippen molar-refractivity contribution in [2.75, 3.05) is 55.7 Å². The predicted octanol–water partition coefficient (Wildman–Crippen LogP) is 2.13. The molecule has 0 amide bonds. The standard InChI is InChI=1S/C20H26FN5O3S/c1-2-29-18-6-5-16(15-17(18)21)30(27,28)26-13-11-25(12-14-26)20-8-7-19(22-23-20)24-9-3-4-10-24/h5-8,15H,2-4,9-14H2,1H3. The van der Waals surface area contributed by atoms with Crippen LogP contribution in [0.3, 0.4) is 0 Å². The van der Waals surface area contributed by atoms with Crippen LogP contribution in [-0.2, 0) is 10.0 Å². The van der Waals surface area contributed by atoms with Gasteiger partial charge in [0.25, 0.3) is 0 Å². The Kier molecular flexibility index (Phi) is 6.05. The summed E-state index contributed by atoms with van der Waals surface area (Å²) in [5.41, 5.74) is 0. The average Bonchev–Trinajstić information content (AvgIpc) is 3.30. The van der Waals surface area contributed by atoms with E-state index in [-0.39, 0.29) is 10.6 Å². The molecule has 0 radical (unpaired) electrons. The quantitative estimate of drug-likeness (QED) is 0.688. The number of anilines is 2. The van der Waals surface area contributed by atoms with Crippen LogP contribution in [0.25, 0.3) is 0 Å². The molecule has 2 saturated heterocycles. The third-order valence-electron chi connectivity index (χ3n) is 5.47. The van der Waals surface area contributed by atoms with Gasteiger partial charge in [-0.15, -0.1) is 10.2 Å². The molecule has 0 atom stereocenters. The lowest BCUT2D eigenvalue weighted by atomic mass is 10.3. The van der Waals surface area contributed by atoms with E-state index in [1.165, 1.54) is 29.3 Å². The Bertz CT molecular complexity index is 972. The summed E-state index contributed by atoms with van der Waals surface area (Å²) >= 11 is 0. The van der Waals surface area contributed by atoms with Gasteiger partial charge in [-0.05, 0) is 50.1 Å². The topological polar surface area (TPSA) is 78.9 Å². The maximum Gasteiger partial charge on any atom is 0.243 e. The Balaban J connectivity index is 1.40. The van der Waals surface area contributed by atoms with Gasteiger partial charge in [-0.1, -0.05) is 0 Å². The number of sulfonamides is 1. The molecule has 0 bridgehead atoms. The minimum absolute atomic E-state index is 0.0530. The van der Waals surface area contributed by atoms with Crippen LogP contribution in [0.2, 0.25) is 0 Å². The van der Waals surface area contributed by atoms with E-state index >= 15 is 0 Å². The van der Waals surface area contributed by atoms with Crippen molar-refractivity contribution in [2.45, 2.75) is 24.7 Å². The highest BCUT2D eigenvalue weighted by Crippen LogP contribution is 2.25. The second-order valence-electron chi connectivity index (χ2n) is 7.36. The summed E-state index contributed by atoms with van der Waals surface area (Å²) in [5, 5.41) is 8.67. The summed E-state index contributed by atoms with van der Waals surface area (Å²) in [6.45, 7) is 5.67. The molecule has 8 nitrogen and oxygen atoms in total. The fraction of sp³-hybridized carbons (Fsp3) is 0.500. The van der Waals surface area contributed by atoms with Gasteiger partial charge < -0.3 is 14.5 Å². The smallest absolute Gasteiger partial charge is 0.243 e. The molecular formula is C20H26FN5O3S. The molecule has 162 valence electrons. The Morgan fingerprint density at radius 1 is 0.933 bits per heavy atom. The van der Waals surface area contributed by atoms with Crippen LogP contribution in [0.5, 0.6) is 5.75 Å². The van der Waals surface area contributed by atoms with E-state index in [1.54, 1.807) is 6.92 Å². The number of ether oxygens (including phenoxy) is 1. The lowest BCUT2D eigenvalue weighted by Gasteiger charge is -2.34. The molecule has 0 spiro atoms.